The lowest BCUT2D eigenvalue weighted by atomic mass is 9.59. The lowest BCUT2D eigenvalue weighted by molar-refractivity contribution is -0.120. The quantitative estimate of drug-likeness (QED) is 0.630. The summed E-state index contributed by atoms with van der Waals surface area (Å²) in [6.07, 6.45) is 9.36. The zero-order chi connectivity index (χ0) is 11.1. The summed E-state index contributed by atoms with van der Waals surface area (Å²) in [5.74, 6) is 1.52. The molecule has 3 unspecified atom stereocenters. The number of hydrogen-bond acceptors (Lipinski definition) is 1. The second kappa shape index (κ2) is 3.61. The molecule has 1 nitrogen and oxygen atoms in total. The van der Waals surface area contributed by atoms with Gasteiger partial charge < -0.3 is 4.79 Å². The van der Waals surface area contributed by atoms with Crippen molar-refractivity contribution in [2.24, 2.45) is 22.7 Å². The average molecular weight is 208 g/mol. The lowest BCUT2D eigenvalue weighted by Gasteiger charge is -2.45. The largest absolute Gasteiger partial charge is 0.303 e. The van der Waals surface area contributed by atoms with Gasteiger partial charge in [0.1, 0.15) is 6.29 Å². The zero-order valence-corrected chi connectivity index (χ0v) is 10.4. The van der Waals surface area contributed by atoms with Gasteiger partial charge in [-0.2, -0.15) is 0 Å². The van der Waals surface area contributed by atoms with Crippen LogP contribution in [0.1, 0.15) is 59.3 Å². The molecule has 0 aromatic heterocycles. The Labute approximate surface area is 93.6 Å². The van der Waals surface area contributed by atoms with Crippen LogP contribution in [-0.2, 0) is 4.79 Å². The number of hydrogen-bond donors (Lipinski definition) is 0. The summed E-state index contributed by atoms with van der Waals surface area (Å²) in [6.45, 7) is 6.71. The molecule has 2 rings (SSSR count). The molecule has 0 N–H and O–H groups in total. The number of fused-ring (bicyclic) bond motifs is 1. The molecular formula is C14H24O. The predicted octanol–water partition coefficient (Wildman–Crippen LogP) is 3.82. The molecule has 0 saturated heterocycles. The van der Waals surface area contributed by atoms with Gasteiger partial charge in [0.2, 0.25) is 0 Å². The SMILES string of the molecule is CC(C)(C=O)C1CCC2CCCCC21C. The van der Waals surface area contributed by atoms with Crippen LogP contribution in [0, 0.1) is 22.7 Å². The van der Waals surface area contributed by atoms with Crippen molar-refractivity contribution < 1.29 is 4.79 Å². The number of rotatable bonds is 2. The first-order valence-electron chi connectivity index (χ1n) is 6.47. The Morgan fingerprint density at radius 1 is 1.20 bits per heavy atom. The van der Waals surface area contributed by atoms with Crippen molar-refractivity contribution in [2.75, 3.05) is 0 Å². The van der Waals surface area contributed by atoms with E-state index in [9.17, 15) is 4.79 Å². The van der Waals surface area contributed by atoms with Gasteiger partial charge in [-0.25, -0.2) is 0 Å². The Morgan fingerprint density at radius 3 is 2.60 bits per heavy atom. The highest BCUT2D eigenvalue weighted by Crippen LogP contribution is 2.59. The van der Waals surface area contributed by atoms with E-state index in [1.807, 2.05) is 0 Å². The van der Waals surface area contributed by atoms with Gasteiger partial charge in [0.25, 0.3) is 0 Å². The molecule has 3 atom stereocenters. The van der Waals surface area contributed by atoms with Crippen LogP contribution < -0.4 is 0 Å². The topological polar surface area (TPSA) is 17.1 Å². The monoisotopic (exact) mass is 208 g/mol. The van der Waals surface area contributed by atoms with E-state index in [-0.39, 0.29) is 5.41 Å². The highest BCUT2D eigenvalue weighted by molar-refractivity contribution is 5.59. The molecule has 0 heterocycles. The Bertz CT molecular complexity index is 256. The normalized spacial score (nSPS) is 41.3. The summed E-state index contributed by atoms with van der Waals surface area (Å²) < 4.78 is 0. The maximum atomic E-state index is 11.2. The van der Waals surface area contributed by atoms with Crippen molar-refractivity contribution in [3.05, 3.63) is 0 Å². The maximum Gasteiger partial charge on any atom is 0.125 e. The summed E-state index contributed by atoms with van der Waals surface area (Å²) in [4.78, 5) is 11.2. The van der Waals surface area contributed by atoms with Crippen molar-refractivity contribution in [3.63, 3.8) is 0 Å². The van der Waals surface area contributed by atoms with Crippen molar-refractivity contribution in [3.8, 4) is 0 Å². The average Bonchev–Trinajstić information content (AvgIpc) is 2.55. The van der Waals surface area contributed by atoms with Gasteiger partial charge in [0.15, 0.2) is 0 Å². The third kappa shape index (κ3) is 1.64. The third-order valence-electron chi connectivity index (χ3n) is 5.25. The van der Waals surface area contributed by atoms with Crippen LogP contribution in [0.5, 0.6) is 0 Å². The van der Waals surface area contributed by atoms with Crippen LogP contribution in [0.3, 0.4) is 0 Å². The number of carbonyl (C=O) groups is 1. The molecule has 2 fully saturated rings. The molecule has 86 valence electrons. The minimum atomic E-state index is -0.110. The fraction of sp³-hybridized carbons (Fsp3) is 0.929. The number of carbonyl (C=O) groups excluding carboxylic acids is 1. The molecule has 15 heavy (non-hydrogen) atoms. The molecule has 2 aliphatic rings. The third-order valence-corrected chi connectivity index (χ3v) is 5.25. The van der Waals surface area contributed by atoms with E-state index in [1.165, 1.54) is 44.8 Å². The predicted molar refractivity (Wildman–Crippen MR) is 62.6 cm³/mol. The van der Waals surface area contributed by atoms with E-state index in [0.29, 0.717) is 11.3 Å². The smallest absolute Gasteiger partial charge is 0.125 e. The van der Waals surface area contributed by atoms with Gasteiger partial charge in [-0.05, 0) is 42.9 Å². The van der Waals surface area contributed by atoms with Gasteiger partial charge in [0.05, 0.1) is 0 Å². The molecule has 0 aromatic carbocycles. The van der Waals surface area contributed by atoms with Crippen molar-refractivity contribution in [1.29, 1.82) is 0 Å². The van der Waals surface area contributed by atoms with E-state index in [1.54, 1.807) is 0 Å². The zero-order valence-electron chi connectivity index (χ0n) is 10.4. The summed E-state index contributed by atoms with van der Waals surface area (Å²) >= 11 is 0. The second-order valence-corrected chi connectivity index (χ2v) is 6.52. The van der Waals surface area contributed by atoms with E-state index >= 15 is 0 Å². The fourth-order valence-corrected chi connectivity index (χ4v) is 4.36. The van der Waals surface area contributed by atoms with Crippen molar-refractivity contribution in [2.45, 2.75) is 59.3 Å². The number of aldehydes is 1. The molecule has 0 aromatic rings. The van der Waals surface area contributed by atoms with Gasteiger partial charge >= 0.3 is 0 Å². The Kier molecular flexibility index (Phi) is 2.68. The van der Waals surface area contributed by atoms with Gasteiger partial charge in [0, 0.05) is 5.41 Å². The summed E-state index contributed by atoms with van der Waals surface area (Å²) in [7, 11) is 0. The first-order chi connectivity index (χ1) is 7.00. The lowest BCUT2D eigenvalue weighted by Crippen LogP contribution is -2.40. The van der Waals surface area contributed by atoms with Gasteiger partial charge in [-0.15, -0.1) is 0 Å². The molecule has 0 radical (unpaired) electrons. The Morgan fingerprint density at radius 2 is 1.93 bits per heavy atom. The molecule has 0 amide bonds. The maximum absolute atomic E-state index is 11.2. The van der Waals surface area contributed by atoms with Crippen LogP contribution in [0.2, 0.25) is 0 Å². The Balaban J connectivity index is 2.24. The van der Waals surface area contributed by atoms with Gasteiger partial charge in [-0.1, -0.05) is 33.6 Å². The molecule has 2 saturated carbocycles. The van der Waals surface area contributed by atoms with Crippen molar-refractivity contribution >= 4 is 6.29 Å². The first-order valence-corrected chi connectivity index (χ1v) is 6.47. The highest BCUT2D eigenvalue weighted by Gasteiger charge is 2.52. The van der Waals surface area contributed by atoms with Crippen LogP contribution in [0.4, 0.5) is 0 Å². The second-order valence-electron chi connectivity index (χ2n) is 6.52. The molecule has 0 bridgehead atoms. The molecule has 2 aliphatic carbocycles. The van der Waals surface area contributed by atoms with E-state index < -0.39 is 0 Å². The molecule has 0 spiro atoms. The minimum absolute atomic E-state index is 0.110. The van der Waals surface area contributed by atoms with Crippen molar-refractivity contribution in [1.82, 2.24) is 0 Å². The van der Waals surface area contributed by atoms with E-state index in [0.717, 1.165) is 5.92 Å². The summed E-state index contributed by atoms with van der Waals surface area (Å²) in [5.41, 5.74) is 0.351. The van der Waals surface area contributed by atoms with Crippen LogP contribution in [-0.4, -0.2) is 6.29 Å². The van der Waals surface area contributed by atoms with Crippen LogP contribution in [0.25, 0.3) is 0 Å². The summed E-state index contributed by atoms with van der Waals surface area (Å²) in [6, 6.07) is 0. The molecular weight excluding hydrogens is 184 g/mol. The standard InChI is InChI=1S/C14H24O/c1-13(2,10-15)12-8-7-11-6-4-5-9-14(11,12)3/h10-12H,4-9H2,1-3H3. The van der Waals surface area contributed by atoms with Crippen LogP contribution in [0.15, 0.2) is 0 Å². The molecule has 0 aliphatic heterocycles. The first kappa shape index (κ1) is 11.2. The van der Waals surface area contributed by atoms with Crippen LogP contribution >= 0.6 is 0 Å². The fourth-order valence-electron chi connectivity index (χ4n) is 4.36. The molecule has 1 heteroatoms. The summed E-state index contributed by atoms with van der Waals surface area (Å²) in [5, 5.41) is 0. The Hall–Kier alpha value is -0.330. The van der Waals surface area contributed by atoms with E-state index in [2.05, 4.69) is 20.8 Å². The minimum Gasteiger partial charge on any atom is -0.303 e. The van der Waals surface area contributed by atoms with E-state index in [4.69, 9.17) is 0 Å². The van der Waals surface area contributed by atoms with Gasteiger partial charge in [-0.3, -0.25) is 0 Å². The highest BCUT2D eigenvalue weighted by atomic mass is 16.1.